The third kappa shape index (κ3) is 5.23. The summed E-state index contributed by atoms with van der Waals surface area (Å²) < 4.78 is 2.16. The van der Waals surface area contributed by atoms with Crippen LogP contribution >= 0.6 is 0 Å². The lowest BCUT2D eigenvalue weighted by Crippen LogP contribution is -2.35. The van der Waals surface area contributed by atoms with Crippen LogP contribution in [0.2, 0.25) is 0 Å². The van der Waals surface area contributed by atoms with E-state index in [0.717, 1.165) is 19.6 Å². The Morgan fingerprint density at radius 3 is 2.70 bits per heavy atom. The molecule has 1 aliphatic rings. The van der Waals surface area contributed by atoms with Crippen molar-refractivity contribution in [1.82, 2.24) is 19.4 Å². The number of rotatable bonds is 7. The fraction of sp³-hybridized carbons (Fsp3) is 0.800. The predicted molar refractivity (Wildman–Crippen MR) is 82.6 cm³/mol. The highest BCUT2D eigenvalue weighted by Crippen LogP contribution is 2.07. The quantitative estimate of drug-likeness (QED) is 0.805. The lowest BCUT2D eigenvalue weighted by atomic mass is 10.1. The molecule has 1 aromatic heterocycles. The van der Waals surface area contributed by atoms with Gasteiger partial charge in [-0.2, -0.15) is 0 Å². The summed E-state index contributed by atoms with van der Waals surface area (Å²) in [5.41, 5.74) is 5.72. The van der Waals surface area contributed by atoms with E-state index in [-0.39, 0.29) is 0 Å². The summed E-state index contributed by atoms with van der Waals surface area (Å²) in [5, 5.41) is 0. The fourth-order valence-corrected chi connectivity index (χ4v) is 2.84. The monoisotopic (exact) mass is 279 g/mol. The van der Waals surface area contributed by atoms with Gasteiger partial charge in [-0.15, -0.1) is 0 Å². The Morgan fingerprint density at radius 1 is 1.15 bits per heavy atom. The smallest absolute Gasteiger partial charge is 0.0945 e. The molecule has 1 fully saturated rings. The van der Waals surface area contributed by atoms with Gasteiger partial charge in [0, 0.05) is 38.6 Å². The molecule has 1 atom stereocenters. The summed E-state index contributed by atoms with van der Waals surface area (Å²) in [6.45, 7) is 11.3. The van der Waals surface area contributed by atoms with Crippen LogP contribution in [0.25, 0.3) is 0 Å². The van der Waals surface area contributed by atoms with E-state index in [2.05, 4.69) is 26.3 Å². The number of hydrogen-bond acceptors (Lipinski definition) is 4. The highest BCUT2D eigenvalue weighted by atomic mass is 15.2. The molecule has 2 rings (SSSR count). The lowest BCUT2D eigenvalue weighted by molar-refractivity contribution is 0.232. The first-order chi connectivity index (χ1) is 9.78. The third-order valence-corrected chi connectivity index (χ3v) is 4.10. The maximum atomic E-state index is 5.72. The summed E-state index contributed by atoms with van der Waals surface area (Å²) in [6.07, 6.45) is 8.27. The van der Waals surface area contributed by atoms with E-state index >= 15 is 0 Å². The molecule has 0 spiro atoms. The molecule has 0 amide bonds. The van der Waals surface area contributed by atoms with Crippen molar-refractivity contribution in [3.63, 3.8) is 0 Å². The van der Waals surface area contributed by atoms with E-state index in [9.17, 15) is 0 Å². The van der Waals surface area contributed by atoms with E-state index in [4.69, 9.17) is 5.73 Å². The van der Waals surface area contributed by atoms with Crippen LogP contribution in [-0.2, 0) is 6.54 Å². The second-order valence-electron chi connectivity index (χ2n) is 5.99. The van der Waals surface area contributed by atoms with Gasteiger partial charge in [-0.25, -0.2) is 4.98 Å². The van der Waals surface area contributed by atoms with E-state index in [1.165, 1.54) is 45.6 Å². The van der Waals surface area contributed by atoms with Crippen molar-refractivity contribution < 1.29 is 0 Å². The molecular formula is C15H29N5. The van der Waals surface area contributed by atoms with Gasteiger partial charge >= 0.3 is 0 Å². The first-order valence-corrected chi connectivity index (χ1v) is 7.88. The van der Waals surface area contributed by atoms with Crippen molar-refractivity contribution in [3.05, 3.63) is 18.7 Å². The normalized spacial score (nSPS) is 19.9. The number of hydrogen-bond donors (Lipinski definition) is 1. The van der Waals surface area contributed by atoms with Crippen LogP contribution in [0.5, 0.6) is 0 Å². The zero-order valence-electron chi connectivity index (χ0n) is 12.7. The Bertz CT molecular complexity index is 351. The van der Waals surface area contributed by atoms with Gasteiger partial charge in [0.2, 0.25) is 0 Å². The topological polar surface area (TPSA) is 50.3 Å². The highest BCUT2D eigenvalue weighted by molar-refractivity contribution is 4.75. The lowest BCUT2D eigenvalue weighted by Gasteiger charge is -2.24. The van der Waals surface area contributed by atoms with Crippen LogP contribution in [0.15, 0.2) is 18.7 Å². The number of nitrogens with zero attached hydrogens (tertiary/aromatic N) is 4. The summed E-state index contributed by atoms with van der Waals surface area (Å²) in [7, 11) is 0. The van der Waals surface area contributed by atoms with E-state index in [1.807, 2.05) is 18.7 Å². The maximum Gasteiger partial charge on any atom is 0.0945 e. The van der Waals surface area contributed by atoms with Gasteiger partial charge in [-0.3, -0.25) is 0 Å². The van der Waals surface area contributed by atoms with Crippen molar-refractivity contribution in [3.8, 4) is 0 Å². The molecule has 2 N–H and O–H groups in total. The van der Waals surface area contributed by atoms with Gasteiger partial charge in [-0.05, 0) is 44.9 Å². The summed E-state index contributed by atoms with van der Waals surface area (Å²) >= 11 is 0. The van der Waals surface area contributed by atoms with E-state index in [1.54, 1.807) is 0 Å². The van der Waals surface area contributed by atoms with Crippen LogP contribution in [0.4, 0.5) is 0 Å². The molecule has 5 nitrogen and oxygen atoms in total. The van der Waals surface area contributed by atoms with Gasteiger partial charge in [-0.1, -0.05) is 6.92 Å². The highest BCUT2D eigenvalue weighted by Gasteiger charge is 2.15. The largest absolute Gasteiger partial charge is 0.337 e. The van der Waals surface area contributed by atoms with Crippen molar-refractivity contribution in [2.45, 2.75) is 26.3 Å². The molecule has 0 bridgehead atoms. The first-order valence-electron chi connectivity index (χ1n) is 7.88. The second kappa shape index (κ2) is 8.39. The van der Waals surface area contributed by atoms with Gasteiger partial charge in [0.1, 0.15) is 0 Å². The van der Waals surface area contributed by atoms with E-state index < -0.39 is 0 Å². The summed E-state index contributed by atoms with van der Waals surface area (Å²) in [4.78, 5) is 9.26. The molecule has 0 radical (unpaired) electrons. The Kier molecular flexibility index (Phi) is 6.50. The minimum atomic E-state index is 0.614. The van der Waals surface area contributed by atoms with Crippen LogP contribution in [0, 0.1) is 5.92 Å². The molecule has 0 aromatic carbocycles. The average molecular weight is 279 g/mol. The number of nitrogens with two attached hydrogens (primary N) is 1. The molecular weight excluding hydrogens is 250 g/mol. The number of aryl methyl sites for hydroxylation is 1. The Labute approximate surface area is 122 Å². The second-order valence-corrected chi connectivity index (χ2v) is 5.99. The molecule has 1 unspecified atom stereocenters. The van der Waals surface area contributed by atoms with Crippen LogP contribution in [-0.4, -0.2) is 65.2 Å². The van der Waals surface area contributed by atoms with E-state index in [0.29, 0.717) is 5.92 Å². The molecule has 1 aliphatic heterocycles. The molecule has 2 heterocycles. The predicted octanol–water partition coefficient (Wildman–Crippen LogP) is 0.876. The maximum absolute atomic E-state index is 5.72. The van der Waals surface area contributed by atoms with Crippen molar-refractivity contribution in [1.29, 1.82) is 0 Å². The summed E-state index contributed by atoms with van der Waals surface area (Å²) in [6, 6.07) is 0. The van der Waals surface area contributed by atoms with Crippen LogP contribution in [0.1, 0.15) is 19.8 Å². The molecule has 0 aliphatic carbocycles. The average Bonchev–Trinajstić information content (AvgIpc) is 2.87. The van der Waals surface area contributed by atoms with Crippen molar-refractivity contribution in [2.24, 2.45) is 11.7 Å². The number of aromatic nitrogens is 2. The Morgan fingerprint density at radius 2 is 1.95 bits per heavy atom. The fourth-order valence-electron chi connectivity index (χ4n) is 2.84. The zero-order valence-corrected chi connectivity index (χ0v) is 12.7. The molecule has 20 heavy (non-hydrogen) atoms. The van der Waals surface area contributed by atoms with Gasteiger partial charge in [0.05, 0.1) is 6.33 Å². The van der Waals surface area contributed by atoms with Crippen LogP contribution < -0.4 is 5.73 Å². The molecule has 0 saturated carbocycles. The first kappa shape index (κ1) is 15.5. The standard InChI is InChI=1S/C15H29N5/c1-15(12-16)13-19-7-2-5-18(10-11-19)6-3-8-20-9-4-17-14-20/h4,9,14-15H,2-3,5-8,10-13,16H2,1H3. The molecule has 1 saturated heterocycles. The van der Waals surface area contributed by atoms with Gasteiger partial charge in [0.25, 0.3) is 0 Å². The molecule has 114 valence electrons. The zero-order chi connectivity index (χ0) is 14.2. The minimum Gasteiger partial charge on any atom is -0.337 e. The third-order valence-electron chi connectivity index (χ3n) is 4.10. The van der Waals surface area contributed by atoms with Crippen molar-refractivity contribution >= 4 is 0 Å². The van der Waals surface area contributed by atoms with Crippen LogP contribution in [0.3, 0.4) is 0 Å². The molecule has 5 heteroatoms. The SMILES string of the molecule is CC(CN)CN1CCCN(CCCn2ccnc2)CC1. The Hall–Kier alpha value is -0.910. The van der Waals surface area contributed by atoms with Crippen molar-refractivity contribution in [2.75, 3.05) is 45.8 Å². The summed E-state index contributed by atoms with van der Waals surface area (Å²) in [5.74, 6) is 0.614. The minimum absolute atomic E-state index is 0.614. The number of imidazole rings is 1. The molecule has 1 aromatic rings. The van der Waals surface area contributed by atoms with Gasteiger partial charge in [0.15, 0.2) is 0 Å². The Balaban J connectivity index is 1.64. The van der Waals surface area contributed by atoms with Gasteiger partial charge < -0.3 is 20.1 Å².